The van der Waals surface area contributed by atoms with Gasteiger partial charge in [0.1, 0.15) is 0 Å². The number of aromatic nitrogens is 5. The zero-order valence-electron chi connectivity index (χ0n) is 13.0. The summed E-state index contributed by atoms with van der Waals surface area (Å²) in [6.07, 6.45) is -3.00. The predicted molar refractivity (Wildman–Crippen MR) is 89.8 cm³/mol. The molecular formula is C16H10F3N5OS. The number of nitrogens with zero attached hydrogens (tertiary/aromatic N) is 4. The SMILES string of the molecule is O=c1[nH]c2ncc(-c3cccc(C(F)(F)F)c3)cc2n1Cc1csnn1. The Bertz CT molecular complexity index is 1130. The van der Waals surface area contributed by atoms with Crippen LogP contribution < -0.4 is 5.69 Å². The van der Waals surface area contributed by atoms with Crippen LogP contribution in [-0.2, 0) is 12.7 Å². The fraction of sp³-hybridized carbons (Fsp3) is 0.125. The highest BCUT2D eigenvalue weighted by Gasteiger charge is 2.30. The molecule has 3 aromatic heterocycles. The number of rotatable bonds is 3. The normalized spacial score (nSPS) is 12.0. The lowest BCUT2D eigenvalue weighted by molar-refractivity contribution is -0.137. The summed E-state index contributed by atoms with van der Waals surface area (Å²) in [4.78, 5) is 19.0. The Labute approximate surface area is 148 Å². The number of aromatic amines is 1. The van der Waals surface area contributed by atoms with Gasteiger partial charge in [-0.05, 0) is 35.3 Å². The first kappa shape index (κ1) is 16.5. The second-order valence-corrected chi connectivity index (χ2v) is 6.19. The number of fused-ring (bicyclic) bond motifs is 1. The van der Waals surface area contributed by atoms with Gasteiger partial charge in [-0.2, -0.15) is 13.2 Å². The number of halogens is 3. The van der Waals surface area contributed by atoms with Crippen LogP contribution in [0.15, 0.2) is 46.7 Å². The van der Waals surface area contributed by atoms with Crippen LogP contribution >= 0.6 is 11.5 Å². The van der Waals surface area contributed by atoms with E-state index in [9.17, 15) is 18.0 Å². The maximum absolute atomic E-state index is 12.9. The van der Waals surface area contributed by atoms with Crippen molar-refractivity contribution in [3.63, 3.8) is 0 Å². The van der Waals surface area contributed by atoms with Crippen LogP contribution in [0.3, 0.4) is 0 Å². The number of nitrogens with one attached hydrogen (secondary N) is 1. The van der Waals surface area contributed by atoms with Gasteiger partial charge in [-0.15, -0.1) is 5.10 Å². The number of benzene rings is 1. The maximum atomic E-state index is 12.9. The summed E-state index contributed by atoms with van der Waals surface area (Å²) < 4.78 is 44.0. The second kappa shape index (κ2) is 6.06. The molecule has 3 heterocycles. The molecule has 132 valence electrons. The van der Waals surface area contributed by atoms with Gasteiger partial charge in [0.2, 0.25) is 0 Å². The average Bonchev–Trinajstić information content (AvgIpc) is 3.23. The van der Waals surface area contributed by atoms with E-state index in [-0.39, 0.29) is 12.2 Å². The maximum Gasteiger partial charge on any atom is 0.416 e. The largest absolute Gasteiger partial charge is 0.416 e. The van der Waals surface area contributed by atoms with Crippen LogP contribution in [0.2, 0.25) is 0 Å². The molecule has 0 unspecified atom stereocenters. The van der Waals surface area contributed by atoms with Crippen molar-refractivity contribution in [1.82, 2.24) is 24.1 Å². The van der Waals surface area contributed by atoms with Crippen LogP contribution in [0.4, 0.5) is 13.2 Å². The van der Waals surface area contributed by atoms with Crippen molar-refractivity contribution in [2.24, 2.45) is 0 Å². The van der Waals surface area contributed by atoms with Crippen molar-refractivity contribution < 1.29 is 13.2 Å². The molecule has 1 N–H and O–H groups in total. The number of imidazole rings is 1. The summed E-state index contributed by atoms with van der Waals surface area (Å²) in [5.74, 6) is 0. The summed E-state index contributed by atoms with van der Waals surface area (Å²) in [5, 5.41) is 5.63. The predicted octanol–water partition coefficient (Wildman–Crippen LogP) is 3.31. The molecule has 0 spiro atoms. The highest BCUT2D eigenvalue weighted by molar-refractivity contribution is 7.03. The van der Waals surface area contributed by atoms with E-state index < -0.39 is 11.7 Å². The summed E-state index contributed by atoms with van der Waals surface area (Å²) in [6.45, 7) is 0.197. The first-order valence-electron chi connectivity index (χ1n) is 7.44. The molecule has 0 aliphatic heterocycles. The van der Waals surface area contributed by atoms with Crippen molar-refractivity contribution in [1.29, 1.82) is 0 Å². The lowest BCUT2D eigenvalue weighted by Crippen LogP contribution is -2.17. The zero-order chi connectivity index (χ0) is 18.3. The molecule has 0 atom stereocenters. The first-order valence-corrected chi connectivity index (χ1v) is 8.27. The van der Waals surface area contributed by atoms with Crippen LogP contribution in [0.25, 0.3) is 22.3 Å². The van der Waals surface area contributed by atoms with E-state index in [1.54, 1.807) is 17.5 Å². The Morgan fingerprint density at radius 3 is 2.77 bits per heavy atom. The lowest BCUT2D eigenvalue weighted by Gasteiger charge is -2.09. The van der Waals surface area contributed by atoms with Crippen molar-refractivity contribution in [3.05, 3.63) is 63.7 Å². The van der Waals surface area contributed by atoms with Gasteiger partial charge < -0.3 is 0 Å². The van der Waals surface area contributed by atoms with Gasteiger partial charge in [0.15, 0.2) is 5.65 Å². The standard InChI is InChI=1S/C16H10F3N5OS/c17-16(18,19)11-3-1-2-9(4-11)10-5-13-14(20-6-10)21-15(25)24(13)7-12-8-26-23-22-12/h1-6,8H,7H2,(H,20,21,25). The molecule has 6 nitrogen and oxygen atoms in total. The van der Waals surface area contributed by atoms with Gasteiger partial charge in [0.05, 0.1) is 23.3 Å². The number of H-pyrrole nitrogens is 1. The molecule has 0 aliphatic rings. The molecule has 4 rings (SSSR count). The lowest BCUT2D eigenvalue weighted by atomic mass is 10.0. The topological polar surface area (TPSA) is 76.5 Å². The highest BCUT2D eigenvalue weighted by Crippen LogP contribution is 2.32. The average molecular weight is 377 g/mol. The van der Waals surface area contributed by atoms with Gasteiger partial charge in [0, 0.05) is 17.1 Å². The third-order valence-electron chi connectivity index (χ3n) is 3.88. The number of hydrogen-bond donors (Lipinski definition) is 1. The van der Waals surface area contributed by atoms with Crippen molar-refractivity contribution in [3.8, 4) is 11.1 Å². The van der Waals surface area contributed by atoms with E-state index in [1.165, 1.54) is 28.4 Å². The Morgan fingerprint density at radius 2 is 2.04 bits per heavy atom. The fourth-order valence-electron chi connectivity index (χ4n) is 2.64. The van der Waals surface area contributed by atoms with Gasteiger partial charge in [0.25, 0.3) is 0 Å². The molecule has 0 amide bonds. The van der Waals surface area contributed by atoms with Crippen LogP contribution in [0.1, 0.15) is 11.3 Å². The first-order chi connectivity index (χ1) is 12.4. The van der Waals surface area contributed by atoms with Crippen LogP contribution in [-0.4, -0.2) is 24.1 Å². The molecule has 1 aromatic carbocycles. The molecule has 0 aliphatic carbocycles. The van der Waals surface area contributed by atoms with Crippen LogP contribution in [0, 0.1) is 0 Å². The minimum atomic E-state index is -4.43. The Balaban J connectivity index is 1.82. The molecule has 4 aromatic rings. The molecule has 26 heavy (non-hydrogen) atoms. The Hall–Kier alpha value is -3.01. The second-order valence-electron chi connectivity index (χ2n) is 5.58. The van der Waals surface area contributed by atoms with Crippen molar-refractivity contribution >= 4 is 22.7 Å². The number of hydrogen-bond acceptors (Lipinski definition) is 5. The van der Waals surface area contributed by atoms with Crippen molar-refractivity contribution in [2.75, 3.05) is 0 Å². The monoisotopic (exact) mass is 377 g/mol. The zero-order valence-corrected chi connectivity index (χ0v) is 13.8. The molecule has 0 radical (unpaired) electrons. The summed E-state index contributed by atoms with van der Waals surface area (Å²) in [7, 11) is 0. The highest BCUT2D eigenvalue weighted by atomic mass is 32.1. The molecule has 10 heteroatoms. The molecular weight excluding hydrogens is 367 g/mol. The van der Waals surface area contributed by atoms with Crippen molar-refractivity contribution in [2.45, 2.75) is 12.7 Å². The molecule has 0 bridgehead atoms. The van der Waals surface area contributed by atoms with E-state index in [0.717, 1.165) is 12.1 Å². The van der Waals surface area contributed by atoms with E-state index in [2.05, 4.69) is 19.6 Å². The smallest absolute Gasteiger partial charge is 0.290 e. The number of pyridine rings is 1. The van der Waals surface area contributed by atoms with Gasteiger partial charge in [-0.3, -0.25) is 9.55 Å². The quantitative estimate of drug-likeness (QED) is 0.594. The Kier molecular flexibility index (Phi) is 3.83. The summed E-state index contributed by atoms with van der Waals surface area (Å²) in [5.41, 5.74) is 1.18. The fourth-order valence-corrected chi connectivity index (χ4v) is 3.08. The molecule has 0 saturated carbocycles. The molecule has 0 saturated heterocycles. The summed E-state index contributed by atoms with van der Waals surface area (Å²) in [6, 6.07) is 6.61. The third kappa shape index (κ3) is 2.99. The van der Waals surface area contributed by atoms with Gasteiger partial charge in [-0.25, -0.2) is 9.78 Å². The van der Waals surface area contributed by atoms with Gasteiger partial charge >= 0.3 is 11.9 Å². The van der Waals surface area contributed by atoms with E-state index in [0.29, 0.717) is 28.0 Å². The minimum absolute atomic E-state index is 0.197. The summed E-state index contributed by atoms with van der Waals surface area (Å²) >= 11 is 1.17. The van der Waals surface area contributed by atoms with E-state index in [4.69, 9.17) is 0 Å². The number of alkyl halides is 3. The van der Waals surface area contributed by atoms with E-state index >= 15 is 0 Å². The third-order valence-corrected chi connectivity index (χ3v) is 4.43. The molecule has 0 fully saturated rings. The van der Waals surface area contributed by atoms with E-state index in [1.807, 2.05) is 0 Å². The Morgan fingerprint density at radius 1 is 1.19 bits per heavy atom. The minimum Gasteiger partial charge on any atom is -0.290 e. The van der Waals surface area contributed by atoms with Gasteiger partial charge in [-0.1, -0.05) is 16.6 Å². The van der Waals surface area contributed by atoms with Crippen LogP contribution in [0.5, 0.6) is 0 Å².